The normalized spacial score (nSPS) is 42.6. The number of carbonyl (C=O) groups is 2. The molecular weight excluding hydrogens is 336 g/mol. The van der Waals surface area contributed by atoms with E-state index in [0.717, 1.165) is 5.56 Å². The van der Waals surface area contributed by atoms with Gasteiger partial charge in [-0.15, -0.1) is 0 Å². The largest absolute Gasteiger partial charge is 0.388 e. The van der Waals surface area contributed by atoms with Gasteiger partial charge in [0, 0.05) is 18.4 Å². The molecule has 0 radical (unpaired) electrons. The topological polar surface area (TPSA) is 88.1 Å². The standard InChI is InChI=1S/C19H22N2O5/c1-3-14(22)19-11-9-26-16(15(19)23)18(8-12(11)20-19)10-6-4-5-7-13(10)21(25-2)17(18)24/h4-7,11-12,15-16,20,23H,3,8-9H2,1-2H3/t11-,12+,15-,16-,18+,19-/m1/s1. The number of Topliss-reactive ketones (excluding diaryl/α,β-unsaturated/α-hetero) is 1. The molecule has 2 N–H and O–H groups in total. The van der Waals surface area contributed by atoms with Crippen LogP contribution in [0.4, 0.5) is 5.69 Å². The minimum Gasteiger partial charge on any atom is -0.388 e. The summed E-state index contributed by atoms with van der Waals surface area (Å²) in [7, 11) is 1.46. The van der Waals surface area contributed by atoms with Crippen LogP contribution in [0.3, 0.4) is 0 Å². The molecule has 26 heavy (non-hydrogen) atoms. The second-order valence-corrected chi connectivity index (χ2v) is 7.68. The van der Waals surface area contributed by atoms with Gasteiger partial charge >= 0.3 is 0 Å². The van der Waals surface area contributed by atoms with Gasteiger partial charge in [0.25, 0.3) is 5.91 Å². The van der Waals surface area contributed by atoms with Crippen LogP contribution in [-0.2, 0) is 24.6 Å². The number of ketones is 1. The van der Waals surface area contributed by atoms with Crippen LogP contribution in [0.5, 0.6) is 0 Å². The van der Waals surface area contributed by atoms with Gasteiger partial charge in [-0.3, -0.25) is 19.7 Å². The van der Waals surface area contributed by atoms with E-state index in [0.29, 0.717) is 25.1 Å². The van der Waals surface area contributed by atoms with E-state index in [-0.39, 0.29) is 23.7 Å². The van der Waals surface area contributed by atoms with Crippen molar-refractivity contribution in [1.82, 2.24) is 5.32 Å². The molecule has 0 unspecified atom stereocenters. The number of nitrogens with one attached hydrogen (secondary N) is 1. The predicted molar refractivity (Wildman–Crippen MR) is 91.4 cm³/mol. The number of hydroxylamine groups is 1. The second-order valence-electron chi connectivity index (χ2n) is 7.68. The van der Waals surface area contributed by atoms with Crippen LogP contribution >= 0.6 is 0 Å². The number of aliphatic hydroxyl groups is 1. The number of anilines is 1. The highest BCUT2D eigenvalue weighted by Crippen LogP contribution is 2.58. The lowest BCUT2D eigenvalue weighted by Crippen LogP contribution is -2.82. The van der Waals surface area contributed by atoms with Crippen molar-refractivity contribution in [3.63, 3.8) is 0 Å². The molecule has 5 aliphatic rings. The Morgan fingerprint density at radius 2 is 2.23 bits per heavy atom. The summed E-state index contributed by atoms with van der Waals surface area (Å²) in [6, 6.07) is 7.40. The Morgan fingerprint density at radius 3 is 2.96 bits per heavy atom. The van der Waals surface area contributed by atoms with Crippen LogP contribution in [0.25, 0.3) is 0 Å². The molecule has 5 heterocycles. The van der Waals surface area contributed by atoms with Crippen molar-refractivity contribution in [2.75, 3.05) is 18.8 Å². The van der Waals surface area contributed by atoms with Crippen LogP contribution < -0.4 is 10.4 Å². The number of para-hydroxylation sites is 1. The van der Waals surface area contributed by atoms with Crippen molar-refractivity contribution in [2.45, 2.75) is 49.0 Å². The number of aliphatic hydroxyl groups excluding tert-OH is 1. The zero-order valence-electron chi connectivity index (χ0n) is 14.8. The minimum absolute atomic E-state index is 0.0149. The number of amides is 1. The van der Waals surface area contributed by atoms with Gasteiger partial charge in [0.1, 0.15) is 23.2 Å². The van der Waals surface area contributed by atoms with Crippen molar-refractivity contribution in [1.29, 1.82) is 0 Å². The van der Waals surface area contributed by atoms with Crippen molar-refractivity contribution in [3.8, 4) is 0 Å². The number of nitrogens with zero attached hydrogens (tertiary/aromatic N) is 1. The molecule has 0 aromatic heterocycles. The summed E-state index contributed by atoms with van der Waals surface area (Å²) in [5.41, 5.74) is -0.578. The van der Waals surface area contributed by atoms with Crippen LogP contribution in [0, 0.1) is 5.92 Å². The summed E-state index contributed by atoms with van der Waals surface area (Å²) < 4.78 is 6.05. The first-order chi connectivity index (χ1) is 12.5. The lowest BCUT2D eigenvalue weighted by Gasteiger charge is -2.58. The van der Waals surface area contributed by atoms with Gasteiger partial charge < -0.3 is 9.84 Å². The van der Waals surface area contributed by atoms with Gasteiger partial charge in [-0.25, -0.2) is 0 Å². The Hall–Kier alpha value is -1.80. The van der Waals surface area contributed by atoms with Crippen LogP contribution in [0.1, 0.15) is 25.3 Å². The molecule has 7 heteroatoms. The van der Waals surface area contributed by atoms with Crippen molar-refractivity contribution in [2.24, 2.45) is 5.92 Å². The number of ether oxygens (including phenoxy) is 1. The molecule has 0 aliphatic carbocycles. The average molecular weight is 358 g/mol. The summed E-state index contributed by atoms with van der Waals surface area (Å²) >= 11 is 0. The third-order valence-electron chi connectivity index (χ3n) is 6.87. The Balaban J connectivity index is 1.71. The maximum atomic E-state index is 13.5. The monoisotopic (exact) mass is 358 g/mol. The number of fused-ring (bicyclic) bond motifs is 2. The van der Waals surface area contributed by atoms with E-state index in [1.165, 1.54) is 12.2 Å². The zero-order chi connectivity index (χ0) is 18.3. The summed E-state index contributed by atoms with van der Waals surface area (Å²) in [6.45, 7) is 2.17. The first-order valence-electron chi connectivity index (χ1n) is 9.11. The first-order valence-corrected chi connectivity index (χ1v) is 9.11. The molecule has 1 aromatic rings. The Labute approximate surface area is 151 Å². The third-order valence-corrected chi connectivity index (χ3v) is 6.87. The van der Waals surface area contributed by atoms with E-state index in [1.54, 1.807) is 6.92 Å². The minimum atomic E-state index is -1.08. The second kappa shape index (κ2) is 5.13. The quantitative estimate of drug-likeness (QED) is 0.808. The highest BCUT2D eigenvalue weighted by molar-refractivity contribution is 6.08. The number of hydrogen-bond donors (Lipinski definition) is 2. The van der Waals surface area contributed by atoms with Gasteiger partial charge in [0.05, 0.1) is 19.4 Å². The number of benzene rings is 1. The summed E-state index contributed by atoms with van der Waals surface area (Å²) in [5, 5.41) is 15.9. The van der Waals surface area contributed by atoms with Crippen LogP contribution in [-0.4, -0.2) is 54.3 Å². The zero-order valence-corrected chi connectivity index (χ0v) is 14.8. The molecule has 4 saturated heterocycles. The summed E-state index contributed by atoms with van der Waals surface area (Å²) in [6.07, 6.45) is -1.06. The number of hydrogen-bond acceptors (Lipinski definition) is 6. The van der Waals surface area contributed by atoms with E-state index < -0.39 is 23.2 Å². The van der Waals surface area contributed by atoms with Crippen LogP contribution in [0.15, 0.2) is 24.3 Å². The van der Waals surface area contributed by atoms with Gasteiger partial charge in [-0.2, -0.15) is 5.06 Å². The molecule has 138 valence electrons. The van der Waals surface area contributed by atoms with Gasteiger partial charge in [-0.1, -0.05) is 25.1 Å². The molecule has 4 bridgehead atoms. The fourth-order valence-electron chi connectivity index (χ4n) is 5.73. The SMILES string of the molecule is CCC(=O)[C@]12N[C@H]3C[C@@]4(C(=O)N(OC)c5ccccc54)[C@H](OC[C@H]31)[C@H]2O. The van der Waals surface area contributed by atoms with Crippen LogP contribution in [0.2, 0.25) is 0 Å². The molecule has 6 atom stereocenters. The van der Waals surface area contributed by atoms with Crippen molar-refractivity contribution < 1.29 is 24.3 Å². The van der Waals surface area contributed by atoms with Crippen molar-refractivity contribution >= 4 is 17.4 Å². The lowest BCUT2D eigenvalue weighted by molar-refractivity contribution is -0.197. The Kier molecular flexibility index (Phi) is 3.23. The van der Waals surface area contributed by atoms with E-state index >= 15 is 0 Å². The molecular formula is C19H22N2O5. The summed E-state index contributed by atoms with van der Waals surface area (Å²) in [4.78, 5) is 31.6. The fourth-order valence-corrected chi connectivity index (χ4v) is 5.73. The molecule has 1 spiro atoms. The maximum Gasteiger partial charge on any atom is 0.264 e. The molecule has 7 nitrogen and oxygen atoms in total. The molecule has 4 fully saturated rings. The highest BCUT2D eigenvalue weighted by atomic mass is 16.7. The van der Waals surface area contributed by atoms with Gasteiger partial charge in [0.15, 0.2) is 5.78 Å². The van der Waals surface area contributed by atoms with E-state index in [1.807, 2.05) is 24.3 Å². The number of rotatable bonds is 3. The maximum absolute atomic E-state index is 13.5. The Morgan fingerprint density at radius 1 is 1.46 bits per heavy atom. The first kappa shape index (κ1) is 16.4. The molecule has 6 rings (SSSR count). The smallest absolute Gasteiger partial charge is 0.264 e. The van der Waals surface area contributed by atoms with Gasteiger partial charge in [0.2, 0.25) is 0 Å². The van der Waals surface area contributed by atoms with E-state index in [2.05, 4.69) is 5.32 Å². The third kappa shape index (κ3) is 1.55. The average Bonchev–Trinajstić information content (AvgIpc) is 2.73. The molecule has 0 saturated carbocycles. The molecule has 5 aliphatic heterocycles. The highest BCUT2D eigenvalue weighted by Gasteiger charge is 2.75. The molecule has 1 aromatic carbocycles. The van der Waals surface area contributed by atoms with Crippen molar-refractivity contribution in [3.05, 3.63) is 29.8 Å². The molecule has 1 amide bonds. The number of carbonyl (C=O) groups excluding carboxylic acids is 2. The van der Waals surface area contributed by atoms with E-state index in [4.69, 9.17) is 9.57 Å². The predicted octanol–water partition coefficient (Wildman–Crippen LogP) is 0.302. The lowest BCUT2D eigenvalue weighted by atomic mass is 9.64. The Bertz CT molecular complexity index is 813. The fraction of sp³-hybridized carbons (Fsp3) is 0.579. The van der Waals surface area contributed by atoms with Gasteiger partial charge in [-0.05, 0) is 18.1 Å². The summed E-state index contributed by atoms with van der Waals surface area (Å²) in [5.74, 6) is -0.365. The van der Waals surface area contributed by atoms with E-state index in [9.17, 15) is 14.7 Å².